The summed E-state index contributed by atoms with van der Waals surface area (Å²) in [5.74, 6) is -0.0956. The minimum Gasteiger partial charge on any atom is -0.376 e. The van der Waals surface area contributed by atoms with Gasteiger partial charge in [-0.25, -0.2) is 9.78 Å². The summed E-state index contributed by atoms with van der Waals surface area (Å²) in [6, 6.07) is 3.66. The number of aromatic nitrogens is 2. The van der Waals surface area contributed by atoms with Gasteiger partial charge in [0.05, 0.1) is 6.10 Å². The predicted molar refractivity (Wildman–Crippen MR) is 87.2 cm³/mol. The lowest BCUT2D eigenvalue weighted by molar-refractivity contribution is -0.134. The molecular formula is C16H19N3O3S. The number of hydrogen-bond acceptors (Lipinski definition) is 5. The molecule has 3 heterocycles. The van der Waals surface area contributed by atoms with Gasteiger partial charge in [0.25, 0.3) is 0 Å². The first-order chi connectivity index (χ1) is 11.2. The summed E-state index contributed by atoms with van der Waals surface area (Å²) in [5, 5.41) is 4.03. The average Bonchev–Trinajstić information content (AvgIpc) is 3.22. The van der Waals surface area contributed by atoms with E-state index in [4.69, 9.17) is 4.74 Å². The summed E-state index contributed by atoms with van der Waals surface area (Å²) in [4.78, 5) is 29.8. The largest absolute Gasteiger partial charge is 0.376 e. The minimum atomic E-state index is -0.409. The van der Waals surface area contributed by atoms with E-state index in [2.05, 4.69) is 4.98 Å². The van der Waals surface area contributed by atoms with Gasteiger partial charge in [-0.2, -0.15) is 11.3 Å². The van der Waals surface area contributed by atoms with Gasteiger partial charge in [-0.3, -0.25) is 9.36 Å². The Labute approximate surface area is 138 Å². The Morgan fingerprint density at radius 3 is 3.13 bits per heavy atom. The van der Waals surface area contributed by atoms with E-state index in [-0.39, 0.29) is 18.6 Å². The number of thiophene rings is 1. The number of rotatable bonds is 6. The van der Waals surface area contributed by atoms with Crippen LogP contribution >= 0.6 is 11.3 Å². The number of amides is 1. The molecule has 122 valence electrons. The highest BCUT2D eigenvalue weighted by molar-refractivity contribution is 7.07. The first kappa shape index (κ1) is 15.9. The minimum absolute atomic E-state index is 0.00350. The van der Waals surface area contributed by atoms with Crippen molar-refractivity contribution in [2.75, 3.05) is 13.2 Å². The first-order valence-corrected chi connectivity index (χ1v) is 8.58. The van der Waals surface area contributed by atoms with Crippen LogP contribution in [0.15, 0.2) is 40.1 Å². The molecule has 1 atom stereocenters. The quantitative estimate of drug-likeness (QED) is 0.804. The number of hydrogen-bond donors (Lipinski definition) is 0. The van der Waals surface area contributed by atoms with Gasteiger partial charge in [0.2, 0.25) is 5.91 Å². The highest BCUT2D eigenvalue weighted by Gasteiger charge is 2.23. The second-order valence-electron chi connectivity index (χ2n) is 5.57. The van der Waals surface area contributed by atoms with Crippen molar-refractivity contribution in [3.05, 3.63) is 51.3 Å². The van der Waals surface area contributed by atoms with Crippen LogP contribution in [0.2, 0.25) is 0 Å². The maximum atomic E-state index is 12.7. The summed E-state index contributed by atoms with van der Waals surface area (Å²) >= 11 is 1.61. The molecule has 0 radical (unpaired) electrons. The molecule has 0 saturated carbocycles. The van der Waals surface area contributed by atoms with Gasteiger partial charge < -0.3 is 9.64 Å². The van der Waals surface area contributed by atoms with Crippen molar-refractivity contribution in [1.82, 2.24) is 14.5 Å². The first-order valence-electron chi connectivity index (χ1n) is 7.64. The third-order valence-electron chi connectivity index (χ3n) is 3.84. The van der Waals surface area contributed by atoms with Gasteiger partial charge in [-0.1, -0.05) is 0 Å². The second-order valence-corrected chi connectivity index (χ2v) is 6.35. The SMILES string of the molecule is O=C(Cn1cccnc1=O)N(Cc1ccsc1)C[C@H]1CCCO1. The lowest BCUT2D eigenvalue weighted by Gasteiger charge is -2.25. The molecule has 6 nitrogen and oxygen atoms in total. The zero-order chi connectivity index (χ0) is 16.1. The predicted octanol–water partition coefficient (Wildman–Crippen LogP) is 1.51. The lowest BCUT2D eigenvalue weighted by Crippen LogP contribution is -2.40. The molecule has 2 aromatic heterocycles. The highest BCUT2D eigenvalue weighted by atomic mass is 32.1. The number of ether oxygens (including phenoxy) is 1. The molecule has 0 spiro atoms. The van der Waals surface area contributed by atoms with Crippen molar-refractivity contribution in [3.63, 3.8) is 0 Å². The van der Waals surface area contributed by atoms with Crippen LogP contribution in [-0.2, 0) is 22.6 Å². The summed E-state index contributed by atoms with van der Waals surface area (Å²) in [6.45, 7) is 1.86. The molecule has 1 fully saturated rings. The Bertz CT molecular complexity index is 693. The number of carbonyl (C=O) groups excluding carboxylic acids is 1. The van der Waals surface area contributed by atoms with Gasteiger partial charge >= 0.3 is 5.69 Å². The van der Waals surface area contributed by atoms with E-state index >= 15 is 0 Å². The topological polar surface area (TPSA) is 64.4 Å². The molecule has 0 aromatic carbocycles. The molecule has 3 rings (SSSR count). The third-order valence-corrected chi connectivity index (χ3v) is 4.57. The van der Waals surface area contributed by atoms with Gasteiger partial charge in [0.1, 0.15) is 6.54 Å². The van der Waals surface area contributed by atoms with Crippen molar-refractivity contribution >= 4 is 17.2 Å². The normalized spacial score (nSPS) is 17.3. The van der Waals surface area contributed by atoms with Crippen molar-refractivity contribution in [1.29, 1.82) is 0 Å². The van der Waals surface area contributed by atoms with Gasteiger partial charge in [0, 0.05) is 32.1 Å². The van der Waals surface area contributed by atoms with E-state index in [1.807, 2.05) is 16.8 Å². The Kier molecular flexibility index (Phi) is 5.19. The van der Waals surface area contributed by atoms with Gasteiger partial charge in [0.15, 0.2) is 0 Å². The van der Waals surface area contributed by atoms with E-state index in [1.165, 1.54) is 10.8 Å². The Morgan fingerprint density at radius 2 is 2.43 bits per heavy atom. The fraction of sp³-hybridized carbons (Fsp3) is 0.438. The molecule has 7 heteroatoms. The standard InChI is InChI=1S/C16H19N3O3S/c20-15(11-18-6-2-5-17-16(18)21)19(9-13-4-8-23-12-13)10-14-3-1-7-22-14/h2,4-6,8,12,14H,1,3,7,9-11H2/t14-/m1/s1. The third kappa shape index (κ3) is 4.27. The van der Waals surface area contributed by atoms with Crippen molar-refractivity contribution in [3.8, 4) is 0 Å². The fourth-order valence-corrected chi connectivity index (χ4v) is 3.30. The zero-order valence-corrected chi connectivity index (χ0v) is 13.6. The van der Waals surface area contributed by atoms with E-state index < -0.39 is 5.69 Å². The molecular weight excluding hydrogens is 314 g/mol. The van der Waals surface area contributed by atoms with Crippen molar-refractivity contribution in [2.45, 2.75) is 32.0 Å². The second kappa shape index (κ2) is 7.52. The smallest absolute Gasteiger partial charge is 0.347 e. The molecule has 2 aromatic rings. The number of carbonyl (C=O) groups is 1. The van der Waals surface area contributed by atoms with Crippen LogP contribution in [-0.4, -0.2) is 39.6 Å². The summed E-state index contributed by atoms with van der Waals surface area (Å²) in [6.07, 6.45) is 5.11. The lowest BCUT2D eigenvalue weighted by atomic mass is 10.2. The van der Waals surface area contributed by atoms with Crippen LogP contribution in [0, 0.1) is 0 Å². The molecule has 1 aliphatic rings. The molecule has 0 unspecified atom stereocenters. The molecule has 0 aliphatic carbocycles. The molecule has 23 heavy (non-hydrogen) atoms. The van der Waals surface area contributed by atoms with E-state index in [1.54, 1.807) is 28.5 Å². The molecule has 1 aliphatic heterocycles. The zero-order valence-electron chi connectivity index (χ0n) is 12.8. The molecule has 1 amide bonds. The summed E-state index contributed by atoms with van der Waals surface area (Å²) in [5.41, 5.74) is 0.688. The molecule has 0 N–H and O–H groups in total. The highest BCUT2D eigenvalue weighted by Crippen LogP contribution is 2.16. The summed E-state index contributed by atoms with van der Waals surface area (Å²) in [7, 11) is 0. The van der Waals surface area contributed by atoms with Crippen LogP contribution in [0.3, 0.4) is 0 Å². The summed E-state index contributed by atoms with van der Waals surface area (Å²) < 4.78 is 6.99. The Morgan fingerprint density at radius 1 is 1.52 bits per heavy atom. The van der Waals surface area contributed by atoms with Crippen LogP contribution in [0.5, 0.6) is 0 Å². The molecule has 1 saturated heterocycles. The monoisotopic (exact) mass is 333 g/mol. The number of nitrogens with zero attached hydrogens (tertiary/aromatic N) is 3. The van der Waals surface area contributed by atoms with Crippen LogP contribution in [0.25, 0.3) is 0 Å². The molecule has 0 bridgehead atoms. The Hall–Kier alpha value is -1.99. The van der Waals surface area contributed by atoms with E-state index in [0.29, 0.717) is 13.1 Å². The van der Waals surface area contributed by atoms with Crippen LogP contribution in [0.1, 0.15) is 18.4 Å². The fourth-order valence-electron chi connectivity index (χ4n) is 2.64. The average molecular weight is 333 g/mol. The van der Waals surface area contributed by atoms with Crippen molar-refractivity contribution < 1.29 is 9.53 Å². The van der Waals surface area contributed by atoms with Gasteiger partial charge in [-0.05, 0) is 41.3 Å². The van der Waals surface area contributed by atoms with E-state index in [9.17, 15) is 9.59 Å². The van der Waals surface area contributed by atoms with Gasteiger partial charge in [-0.15, -0.1) is 0 Å². The maximum absolute atomic E-state index is 12.7. The van der Waals surface area contributed by atoms with E-state index in [0.717, 1.165) is 25.0 Å². The van der Waals surface area contributed by atoms with Crippen molar-refractivity contribution in [2.24, 2.45) is 0 Å². The van der Waals surface area contributed by atoms with Crippen LogP contribution in [0.4, 0.5) is 0 Å². The Balaban J connectivity index is 1.71. The van der Waals surface area contributed by atoms with Crippen LogP contribution < -0.4 is 5.69 Å². The maximum Gasteiger partial charge on any atom is 0.347 e.